The van der Waals surface area contributed by atoms with Crippen molar-refractivity contribution in [3.63, 3.8) is 0 Å². The van der Waals surface area contributed by atoms with Crippen molar-refractivity contribution < 1.29 is 18.4 Å². The molecule has 3 rings (SSSR count). The van der Waals surface area contributed by atoms with E-state index in [4.69, 9.17) is 4.42 Å². The standard InChI is InChI=1S/C17H17FN2O3/c1-10-3-5-12(23-10)9-20(2)17(22)14-8-16(21)19-15-7-11(18)4-6-13(14)15/h3-7,14H,8-9H2,1-2H3,(H,19,21)/t14-/m0/s1. The zero-order chi connectivity index (χ0) is 16.6. The maximum Gasteiger partial charge on any atom is 0.230 e. The lowest BCUT2D eigenvalue weighted by Gasteiger charge is -2.28. The maximum absolute atomic E-state index is 13.3. The van der Waals surface area contributed by atoms with Crippen LogP contribution < -0.4 is 5.32 Å². The van der Waals surface area contributed by atoms with Crippen LogP contribution in [0.25, 0.3) is 0 Å². The van der Waals surface area contributed by atoms with Gasteiger partial charge in [-0.15, -0.1) is 0 Å². The summed E-state index contributed by atoms with van der Waals surface area (Å²) in [5, 5.41) is 2.61. The summed E-state index contributed by atoms with van der Waals surface area (Å²) >= 11 is 0. The Balaban J connectivity index is 1.83. The van der Waals surface area contributed by atoms with Crippen LogP contribution in [0.5, 0.6) is 0 Å². The molecule has 1 aliphatic rings. The van der Waals surface area contributed by atoms with Gasteiger partial charge in [-0.1, -0.05) is 6.07 Å². The van der Waals surface area contributed by atoms with Crippen LogP contribution in [0.15, 0.2) is 34.7 Å². The van der Waals surface area contributed by atoms with Crippen LogP contribution in [-0.2, 0) is 16.1 Å². The first kappa shape index (κ1) is 15.3. The topological polar surface area (TPSA) is 62.6 Å². The van der Waals surface area contributed by atoms with Crippen molar-refractivity contribution in [3.05, 3.63) is 53.2 Å². The molecule has 6 heteroatoms. The van der Waals surface area contributed by atoms with Gasteiger partial charge in [0.25, 0.3) is 0 Å². The summed E-state index contributed by atoms with van der Waals surface area (Å²) in [6, 6.07) is 7.74. The van der Waals surface area contributed by atoms with Gasteiger partial charge in [0, 0.05) is 19.2 Å². The van der Waals surface area contributed by atoms with Gasteiger partial charge in [-0.2, -0.15) is 0 Å². The zero-order valence-electron chi connectivity index (χ0n) is 12.9. The Kier molecular flexibility index (Phi) is 3.90. The fourth-order valence-corrected chi connectivity index (χ4v) is 2.81. The molecule has 120 valence electrons. The van der Waals surface area contributed by atoms with E-state index in [0.717, 1.165) is 5.76 Å². The van der Waals surface area contributed by atoms with Crippen molar-refractivity contribution in [2.24, 2.45) is 0 Å². The summed E-state index contributed by atoms with van der Waals surface area (Å²) in [4.78, 5) is 26.0. The molecule has 0 bridgehead atoms. The number of likely N-dealkylation sites (N-methyl/N-ethyl adjacent to an activating group) is 1. The van der Waals surface area contributed by atoms with E-state index >= 15 is 0 Å². The summed E-state index contributed by atoms with van der Waals surface area (Å²) in [5.74, 6) is -0.0842. The van der Waals surface area contributed by atoms with Gasteiger partial charge < -0.3 is 14.6 Å². The van der Waals surface area contributed by atoms with E-state index in [9.17, 15) is 14.0 Å². The Hall–Kier alpha value is -2.63. The molecule has 1 atom stereocenters. The molecule has 1 aromatic heterocycles. The van der Waals surface area contributed by atoms with Gasteiger partial charge in [0.15, 0.2) is 0 Å². The highest BCUT2D eigenvalue weighted by Crippen LogP contribution is 2.34. The van der Waals surface area contributed by atoms with Crippen molar-refractivity contribution in [2.75, 3.05) is 12.4 Å². The first-order valence-electron chi connectivity index (χ1n) is 7.33. The van der Waals surface area contributed by atoms with Gasteiger partial charge in [-0.05, 0) is 36.8 Å². The molecule has 23 heavy (non-hydrogen) atoms. The Morgan fingerprint density at radius 2 is 2.17 bits per heavy atom. The van der Waals surface area contributed by atoms with Crippen molar-refractivity contribution in [1.82, 2.24) is 4.90 Å². The molecule has 0 radical (unpaired) electrons. The first-order valence-corrected chi connectivity index (χ1v) is 7.33. The minimum atomic E-state index is -0.611. The number of benzene rings is 1. The number of rotatable bonds is 3. The van der Waals surface area contributed by atoms with Crippen LogP contribution in [0.2, 0.25) is 0 Å². The number of furan rings is 1. The number of aryl methyl sites for hydroxylation is 1. The molecule has 1 aromatic carbocycles. The molecule has 0 unspecified atom stereocenters. The molecule has 0 saturated carbocycles. The predicted molar refractivity (Wildman–Crippen MR) is 82.3 cm³/mol. The Morgan fingerprint density at radius 3 is 2.87 bits per heavy atom. The molecule has 1 aliphatic heterocycles. The summed E-state index contributed by atoms with van der Waals surface area (Å²) in [6.45, 7) is 2.16. The van der Waals surface area contributed by atoms with Gasteiger partial charge >= 0.3 is 0 Å². The maximum atomic E-state index is 13.3. The average Bonchev–Trinajstić information content (AvgIpc) is 2.90. The summed E-state index contributed by atoms with van der Waals surface area (Å²) in [5.41, 5.74) is 1.00. The van der Waals surface area contributed by atoms with Crippen LogP contribution >= 0.6 is 0 Å². The minimum Gasteiger partial charge on any atom is -0.464 e. The number of carbonyl (C=O) groups excluding carboxylic acids is 2. The van der Waals surface area contributed by atoms with Gasteiger partial charge in [0.2, 0.25) is 11.8 Å². The second-order valence-corrected chi connectivity index (χ2v) is 5.74. The quantitative estimate of drug-likeness (QED) is 0.947. The Labute approximate surface area is 133 Å². The Bertz CT molecular complexity index is 769. The van der Waals surface area contributed by atoms with Crippen molar-refractivity contribution >= 4 is 17.5 Å². The van der Waals surface area contributed by atoms with E-state index < -0.39 is 11.7 Å². The number of fused-ring (bicyclic) bond motifs is 1. The highest BCUT2D eigenvalue weighted by Gasteiger charge is 2.32. The van der Waals surface area contributed by atoms with Gasteiger partial charge in [-0.3, -0.25) is 9.59 Å². The summed E-state index contributed by atoms with van der Waals surface area (Å²) in [6.07, 6.45) is 0.0546. The highest BCUT2D eigenvalue weighted by molar-refractivity contribution is 6.01. The zero-order valence-corrected chi connectivity index (χ0v) is 12.9. The molecular weight excluding hydrogens is 299 g/mol. The lowest BCUT2D eigenvalue weighted by molar-refractivity contribution is -0.134. The number of halogens is 1. The van der Waals surface area contributed by atoms with Gasteiger partial charge in [0.1, 0.15) is 17.3 Å². The van der Waals surface area contributed by atoms with E-state index in [1.807, 2.05) is 19.1 Å². The normalized spacial score (nSPS) is 16.7. The van der Waals surface area contributed by atoms with E-state index in [1.165, 1.54) is 17.0 Å². The van der Waals surface area contributed by atoms with E-state index in [0.29, 0.717) is 23.6 Å². The number of anilines is 1. The average molecular weight is 316 g/mol. The number of nitrogens with one attached hydrogen (secondary N) is 1. The minimum absolute atomic E-state index is 0.0546. The van der Waals surface area contributed by atoms with Gasteiger partial charge in [-0.25, -0.2) is 4.39 Å². The fraction of sp³-hybridized carbons (Fsp3) is 0.294. The predicted octanol–water partition coefficient (Wildman–Crippen LogP) is 2.81. The third-order valence-corrected chi connectivity index (χ3v) is 3.92. The second-order valence-electron chi connectivity index (χ2n) is 5.74. The van der Waals surface area contributed by atoms with Crippen LogP contribution in [0.3, 0.4) is 0 Å². The van der Waals surface area contributed by atoms with Crippen molar-refractivity contribution in [3.8, 4) is 0 Å². The number of hydrogen-bond donors (Lipinski definition) is 1. The molecule has 2 amide bonds. The number of carbonyl (C=O) groups is 2. The summed E-state index contributed by atoms with van der Waals surface area (Å²) in [7, 11) is 1.66. The molecule has 2 heterocycles. The highest BCUT2D eigenvalue weighted by atomic mass is 19.1. The molecule has 1 N–H and O–H groups in total. The third kappa shape index (κ3) is 3.11. The van der Waals surface area contributed by atoms with E-state index in [-0.39, 0.29) is 18.2 Å². The fourth-order valence-electron chi connectivity index (χ4n) is 2.81. The first-order chi connectivity index (χ1) is 10.9. The molecule has 5 nitrogen and oxygen atoms in total. The lowest BCUT2D eigenvalue weighted by Crippen LogP contribution is -2.36. The van der Waals surface area contributed by atoms with Crippen LogP contribution in [0, 0.1) is 12.7 Å². The van der Waals surface area contributed by atoms with E-state index in [2.05, 4.69) is 5.32 Å². The van der Waals surface area contributed by atoms with E-state index in [1.54, 1.807) is 13.1 Å². The Morgan fingerprint density at radius 1 is 1.39 bits per heavy atom. The molecular formula is C17H17FN2O3. The smallest absolute Gasteiger partial charge is 0.230 e. The molecule has 0 saturated heterocycles. The molecule has 0 fully saturated rings. The monoisotopic (exact) mass is 316 g/mol. The molecule has 0 aliphatic carbocycles. The summed E-state index contributed by atoms with van der Waals surface area (Å²) < 4.78 is 18.8. The molecule has 0 spiro atoms. The number of amides is 2. The SMILES string of the molecule is Cc1ccc(CN(C)C(=O)[C@H]2CC(=O)Nc3cc(F)ccc32)o1. The van der Waals surface area contributed by atoms with Crippen molar-refractivity contribution in [1.29, 1.82) is 0 Å². The largest absolute Gasteiger partial charge is 0.464 e. The molecule has 2 aromatic rings. The third-order valence-electron chi connectivity index (χ3n) is 3.92. The lowest BCUT2D eigenvalue weighted by atomic mass is 9.89. The number of hydrogen-bond acceptors (Lipinski definition) is 3. The van der Waals surface area contributed by atoms with Gasteiger partial charge in [0.05, 0.1) is 12.5 Å². The van der Waals surface area contributed by atoms with Crippen molar-refractivity contribution in [2.45, 2.75) is 25.8 Å². The van der Waals surface area contributed by atoms with Crippen LogP contribution in [0.4, 0.5) is 10.1 Å². The number of nitrogens with zero attached hydrogens (tertiary/aromatic N) is 1. The second kappa shape index (κ2) is 5.87. The van der Waals surface area contributed by atoms with Crippen LogP contribution in [0.1, 0.15) is 29.4 Å². The van der Waals surface area contributed by atoms with Crippen LogP contribution in [-0.4, -0.2) is 23.8 Å².